The Labute approximate surface area is 110 Å². The van der Waals surface area contributed by atoms with E-state index < -0.39 is 0 Å². The van der Waals surface area contributed by atoms with Gasteiger partial charge in [-0.05, 0) is 41.6 Å². The quantitative estimate of drug-likeness (QED) is 0.672. The zero-order valence-electron chi connectivity index (χ0n) is 11.5. The van der Waals surface area contributed by atoms with E-state index in [1.54, 1.807) is 0 Å². The molecular formula is C15H26O3. The van der Waals surface area contributed by atoms with Crippen molar-refractivity contribution >= 4 is 0 Å². The molecule has 2 aliphatic rings. The van der Waals surface area contributed by atoms with Gasteiger partial charge < -0.3 is 15.3 Å². The number of aliphatic hydroxyl groups is 3. The Hall–Kier alpha value is -0.380. The molecule has 0 unspecified atom stereocenters. The number of allylic oxidation sites excluding steroid dienone is 1. The van der Waals surface area contributed by atoms with Gasteiger partial charge in [-0.15, -0.1) is 0 Å². The smallest absolute Gasteiger partial charge is 0.0645 e. The van der Waals surface area contributed by atoms with Crippen LogP contribution < -0.4 is 0 Å². The second kappa shape index (κ2) is 4.95. The third-order valence-corrected chi connectivity index (χ3v) is 5.69. The van der Waals surface area contributed by atoms with Crippen molar-refractivity contribution in [3.63, 3.8) is 0 Å². The Morgan fingerprint density at radius 2 is 1.94 bits per heavy atom. The van der Waals surface area contributed by atoms with Crippen molar-refractivity contribution in [3.8, 4) is 0 Å². The summed E-state index contributed by atoms with van der Waals surface area (Å²) in [5.74, 6) is 0.448. The molecule has 3 N–H and O–H groups in total. The first-order chi connectivity index (χ1) is 8.51. The van der Waals surface area contributed by atoms with Crippen LogP contribution in [0, 0.1) is 22.7 Å². The van der Waals surface area contributed by atoms with Crippen LogP contribution >= 0.6 is 0 Å². The van der Waals surface area contributed by atoms with E-state index in [1.807, 2.05) is 0 Å². The second-order valence-corrected chi connectivity index (χ2v) is 6.63. The Morgan fingerprint density at radius 3 is 2.50 bits per heavy atom. The molecule has 0 bridgehead atoms. The van der Waals surface area contributed by atoms with Gasteiger partial charge in [-0.25, -0.2) is 0 Å². The van der Waals surface area contributed by atoms with Crippen LogP contribution in [-0.4, -0.2) is 35.1 Å². The number of hydrogen-bond donors (Lipinski definition) is 3. The monoisotopic (exact) mass is 254 g/mol. The minimum absolute atomic E-state index is 0.0112. The van der Waals surface area contributed by atoms with Crippen LogP contribution in [-0.2, 0) is 0 Å². The molecule has 1 saturated carbocycles. The number of rotatable bonds is 3. The molecule has 0 aliphatic heterocycles. The molecule has 4 atom stereocenters. The fourth-order valence-electron chi connectivity index (χ4n) is 4.51. The van der Waals surface area contributed by atoms with Crippen LogP contribution in [0.15, 0.2) is 11.6 Å². The molecule has 2 rings (SSSR count). The first kappa shape index (κ1) is 14.0. The lowest BCUT2D eigenvalue weighted by molar-refractivity contribution is -0.0837. The molecule has 2 aliphatic carbocycles. The molecule has 18 heavy (non-hydrogen) atoms. The topological polar surface area (TPSA) is 60.7 Å². The van der Waals surface area contributed by atoms with E-state index in [9.17, 15) is 15.3 Å². The second-order valence-electron chi connectivity index (χ2n) is 6.63. The molecular weight excluding hydrogens is 228 g/mol. The molecule has 0 heterocycles. The zero-order chi connectivity index (χ0) is 13.4. The van der Waals surface area contributed by atoms with Crippen LogP contribution in [0.4, 0.5) is 0 Å². The summed E-state index contributed by atoms with van der Waals surface area (Å²) >= 11 is 0. The van der Waals surface area contributed by atoms with Gasteiger partial charge in [-0.3, -0.25) is 0 Å². The van der Waals surface area contributed by atoms with Crippen LogP contribution in [0.25, 0.3) is 0 Å². The lowest BCUT2D eigenvalue weighted by Gasteiger charge is -2.57. The molecule has 0 radical (unpaired) electrons. The van der Waals surface area contributed by atoms with Crippen molar-refractivity contribution in [2.24, 2.45) is 22.7 Å². The fraction of sp³-hybridized carbons (Fsp3) is 0.867. The normalized spacial score (nSPS) is 44.4. The summed E-state index contributed by atoms with van der Waals surface area (Å²) < 4.78 is 0. The Morgan fingerprint density at radius 1 is 1.22 bits per heavy atom. The third-order valence-electron chi connectivity index (χ3n) is 5.69. The number of hydrogen-bond acceptors (Lipinski definition) is 3. The molecule has 0 aromatic rings. The summed E-state index contributed by atoms with van der Waals surface area (Å²) in [6.45, 7) is 4.76. The highest BCUT2D eigenvalue weighted by molar-refractivity contribution is 5.20. The van der Waals surface area contributed by atoms with E-state index in [0.717, 1.165) is 31.3 Å². The molecule has 0 amide bonds. The van der Waals surface area contributed by atoms with Gasteiger partial charge in [0.15, 0.2) is 0 Å². The molecule has 0 saturated heterocycles. The zero-order valence-corrected chi connectivity index (χ0v) is 11.5. The maximum atomic E-state index is 9.75. The van der Waals surface area contributed by atoms with E-state index in [0.29, 0.717) is 5.92 Å². The molecule has 0 aromatic heterocycles. The minimum Gasteiger partial charge on any atom is -0.396 e. The molecule has 104 valence electrons. The van der Waals surface area contributed by atoms with Crippen LogP contribution in [0.5, 0.6) is 0 Å². The lowest BCUT2D eigenvalue weighted by Crippen LogP contribution is -2.52. The molecule has 0 aromatic carbocycles. The van der Waals surface area contributed by atoms with Crippen molar-refractivity contribution in [1.29, 1.82) is 0 Å². The van der Waals surface area contributed by atoms with E-state index >= 15 is 0 Å². The largest absolute Gasteiger partial charge is 0.396 e. The highest BCUT2D eigenvalue weighted by Gasteiger charge is 2.53. The van der Waals surface area contributed by atoms with Crippen molar-refractivity contribution < 1.29 is 15.3 Å². The van der Waals surface area contributed by atoms with E-state index in [4.69, 9.17) is 0 Å². The minimum atomic E-state index is -0.0437. The summed E-state index contributed by atoms with van der Waals surface area (Å²) in [4.78, 5) is 0. The SMILES string of the molecule is C[C@]1(CO)CCC[C@@]2(C)[C@@H]1CC=C(CO)[C@@H]2CO. The van der Waals surface area contributed by atoms with Crippen LogP contribution in [0.2, 0.25) is 0 Å². The summed E-state index contributed by atoms with van der Waals surface area (Å²) in [5.41, 5.74) is 0.952. The Bertz CT molecular complexity index is 339. The standard InChI is InChI=1S/C15H26O3/c1-14(10-18)6-3-7-15(2)12(9-17)11(8-16)4-5-13(14)15/h4,12-13,16-18H,3,5-10H2,1-2H3/t12-,13+,14+,15+/m0/s1. The average molecular weight is 254 g/mol. The van der Waals surface area contributed by atoms with Gasteiger partial charge in [-0.1, -0.05) is 26.3 Å². The third kappa shape index (κ3) is 1.93. The van der Waals surface area contributed by atoms with Crippen molar-refractivity contribution in [3.05, 3.63) is 11.6 Å². The van der Waals surface area contributed by atoms with Crippen molar-refractivity contribution in [2.75, 3.05) is 19.8 Å². The van der Waals surface area contributed by atoms with Gasteiger partial charge >= 0.3 is 0 Å². The van der Waals surface area contributed by atoms with Gasteiger partial charge in [0.1, 0.15) is 0 Å². The maximum Gasteiger partial charge on any atom is 0.0645 e. The highest BCUT2D eigenvalue weighted by Crippen LogP contribution is 2.59. The number of fused-ring (bicyclic) bond motifs is 1. The van der Waals surface area contributed by atoms with Gasteiger partial charge in [-0.2, -0.15) is 0 Å². The van der Waals surface area contributed by atoms with Crippen molar-refractivity contribution in [2.45, 2.75) is 39.5 Å². The molecule has 3 heteroatoms. The number of aliphatic hydroxyl groups excluding tert-OH is 3. The molecule has 0 spiro atoms. The highest BCUT2D eigenvalue weighted by atomic mass is 16.3. The van der Waals surface area contributed by atoms with Gasteiger partial charge in [0.05, 0.1) is 13.2 Å². The predicted octanol–water partition coefficient (Wildman–Crippen LogP) is 1.72. The average Bonchev–Trinajstić information content (AvgIpc) is 2.37. The first-order valence-corrected chi connectivity index (χ1v) is 7.03. The summed E-state index contributed by atoms with van der Waals surface area (Å²) in [6.07, 6.45) is 6.24. The summed E-state index contributed by atoms with van der Waals surface area (Å²) in [7, 11) is 0. The molecule has 1 fully saturated rings. The summed E-state index contributed by atoms with van der Waals surface area (Å²) in [6, 6.07) is 0. The Kier molecular flexibility index (Phi) is 3.86. The van der Waals surface area contributed by atoms with E-state index in [2.05, 4.69) is 19.9 Å². The van der Waals surface area contributed by atoms with E-state index in [1.165, 1.54) is 0 Å². The Balaban J connectivity index is 2.39. The first-order valence-electron chi connectivity index (χ1n) is 7.03. The predicted molar refractivity (Wildman–Crippen MR) is 71.0 cm³/mol. The fourth-order valence-corrected chi connectivity index (χ4v) is 4.51. The summed E-state index contributed by atoms with van der Waals surface area (Å²) in [5, 5.41) is 28.9. The van der Waals surface area contributed by atoms with Crippen molar-refractivity contribution in [1.82, 2.24) is 0 Å². The van der Waals surface area contributed by atoms with Gasteiger partial charge in [0.25, 0.3) is 0 Å². The maximum absolute atomic E-state index is 9.75. The van der Waals surface area contributed by atoms with Gasteiger partial charge in [0.2, 0.25) is 0 Å². The lowest BCUT2D eigenvalue weighted by atomic mass is 9.48. The van der Waals surface area contributed by atoms with E-state index in [-0.39, 0.29) is 36.6 Å². The van der Waals surface area contributed by atoms with Crippen LogP contribution in [0.1, 0.15) is 39.5 Å². The van der Waals surface area contributed by atoms with Gasteiger partial charge in [0, 0.05) is 12.5 Å². The van der Waals surface area contributed by atoms with Crippen LogP contribution in [0.3, 0.4) is 0 Å². The molecule has 3 nitrogen and oxygen atoms in total.